The molecule has 1 aromatic rings. The highest BCUT2D eigenvalue weighted by Gasteiger charge is 2.11. The van der Waals surface area contributed by atoms with Crippen molar-refractivity contribution in [2.45, 2.75) is 20.8 Å². The van der Waals surface area contributed by atoms with Crippen LogP contribution in [-0.2, 0) is 0 Å². The fourth-order valence-electron chi connectivity index (χ4n) is 1.97. The Bertz CT molecular complexity index is 470. The summed E-state index contributed by atoms with van der Waals surface area (Å²) in [7, 11) is 3.54. The number of rotatable bonds is 7. The molecule has 1 aromatic carbocycles. The molecule has 112 valence electrons. The minimum absolute atomic E-state index is 0.471. The van der Waals surface area contributed by atoms with Crippen LogP contribution in [0.2, 0.25) is 5.02 Å². The van der Waals surface area contributed by atoms with Crippen LogP contribution in [0.1, 0.15) is 26.3 Å². The predicted octanol–water partition coefficient (Wildman–Crippen LogP) is 4.01. The average Bonchev–Trinajstić information content (AvgIpc) is 2.38. The van der Waals surface area contributed by atoms with E-state index < -0.39 is 0 Å². The van der Waals surface area contributed by atoms with Gasteiger partial charge in [-0.15, -0.1) is 0 Å². The predicted molar refractivity (Wildman–Crippen MR) is 85.9 cm³/mol. The molecule has 4 heteroatoms. The number of ether oxygens (including phenoxy) is 2. The van der Waals surface area contributed by atoms with Crippen LogP contribution in [-0.4, -0.2) is 27.3 Å². The molecule has 0 aliphatic heterocycles. The molecule has 1 rings (SSSR count). The van der Waals surface area contributed by atoms with E-state index in [1.54, 1.807) is 7.11 Å². The normalized spacial score (nSPS) is 11.8. The third-order valence-electron chi connectivity index (χ3n) is 3.01. The molecule has 0 unspecified atom stereocenters. The van der Waals surface area contributed by atoms with E-state index in [-0.39, 0.29) is 0 Å². The van der Waals surface area contributed by atoms with Gasteiger partial charge in [-0.25, -0.2) is 0 Å². The van der Waals surface area contributed by atoms with Gasteiger partial charge in [-0.05, 0) is 37.6 Å². The lowest BCUT2D eigenvalue weighted by atomic mass is 10.00. The molecule has 0 aliphatic rings. The largest absolute Gasteiger partial charge is 0.491 e. The van der Waals surface area contributed by atoms with Crippen LogP contribution in [0, 0.1) is 5.92 Å². The molecule has 0 atom stereocenters. The monoisotopic (exact) mass is 297 g/mol. The fraction of sp³-hybridized carbons (Fsp3) is 0.500. The second-order valence-corrected chi connectivity index (χ2v) is 5.28. The molecule has 0 heterocycles. The lowest BCUT2D eigenvalue weighted by molar-refractivity contribution is 0.311. The van der Waals surface area contributed by atoms with Crippen molar-refractivity contribution in [2.75, 3.05) is 27.3 Å². The van der Waals surface area contributed by atoms with Crippen molar-refractivity contribution in [1.82, 2.24) is 5.32 Å². The molecule has 3 nitrogen and oxygen atoms in total. The molecule has 0 aliphatic carbocycles. The minimum Gasteiger partial charge on any atom is -0.491 e. The van der Waals surface area contributed by atoms with Crippen LogP contribution >= 0.6 is 11.6 Å². The van der Waals surface area contributed by atoms with Gasteiger partial charge in [0.25, 0.3) is 0 Å². The third-order valence-corrected chi connectivity index (χ3v) is 3.29. The van der Waals surface area contributed by atoms with Gasteiger partial charge >= 0.3 is 0 Å². The van der Waals surface area contributed by atoms with Crippen molar-refractivity contribution in [3.05, 3.63) is 28.3 Å². The first-order valence-corrected chi connectivity index (χ1v) is 7.26. The van der Waals surface area contributed by atoms with Crippen LogP contribution in [0.15, 0.2) is 17.7 Å². The first-order chi connectivity index (χ1) is 9.53. The summed E-state index contributed by atoms with van der Waals surface area (Å²) < 4.78 is 10.9. The molecular formula is C16H24ClNO2. The van der Waals surface area contributed by atoms with E-state index in [0.29, 0.717) is 29.0 Å². The number of nitrogens with one attached hydrogen (secondary N) is 1. The van der Waals surface area contributed by atoms with E-state index in [2.05, 4.69) is 25.2 Å². The molecule has 0 amide bonds. The summed E-state index contributed by atoms with van der Waals surface area (Å²) in [5.74, 6) is 1.74. The van der Waals surface area contributed by atoms with Crippen molar-refractivity contribution in [2.24, 2.45) is 5.92 Å². The molecule has 20 heavy (non-hydrogen) atoms. The second kappa shape index (κ2) is 8.18. The molecule has 0 radical (unpaired) electrons. The van der Waals surface area contributed by atoms with Crippen molar-refractivity contribution in [3.63, 3.8) is 0 Å². The van der Waals surface area contributed by atoms with E-state index in [9.17, 15) is 0 Å². The van der Waals surface area contributed by atoms with Crippen LogP contribution in [0.25, 0.3) is 6.08 Å². The topological polar surface area (TPSA) is 30.5 Å². The Labute approximate surface area is 126 Å². The molecule has 0 bridgehead atoms. The number of halogens is 1. The van der Waals surface area contributed by atoms with Crippen LogP contribution in [0.4, 0.5) is 0 Å². The van der Waals surface area contributed by atoms with Gasteiger partial charge in [0.05, 0.1) is 18.7 Å². The van der Waals surface area contributed by atoms with Gasteiger partial charge in [-0.1, -0.05) is 37.1 Å². The zero-order valence-corrected chi connectivity index (χ0v) is 13.7. The Balaban J connectivity index is 3.21. The Morgan fingerprint density at radius 1 is 1.40 bits per heavy atom. The van der Waals surface area contributed by atoms with E-state index in [1.165, 1.54) is 5.57 Å². The Hall–Kier alpha value is -1.19. The standard InChI is InChI=1S/C16H24ClNO2/c1-6-20-15-9-12(8-14(17)16(15)19-5)7-13(10-18-4)11(2)3/h7-9,11,18H,6,10H2,1-5H3. The first kappa shape index (κ1) is 16.9. The molecule has 0 saturated carbocycles. The maximum absolute atomic E-state index is 6.26. The molecule has 0 fully saturated rings. The number of methoxy groups -OCH3 is 1. The van der Waals surface area contributed by atoms with Gasteiger partial charge in [0.1, 0.15) is 0 Å². The van der Waals surface area contributed by atoms with Gasteiger partial charge in [-0.3, -0.25) is 0 Å². The highest BCUT2D eigenvalue weighted by Crippen LogP contribution is 2.37. The van der Waals surface area contributed by atoms with Crippen molar-refractivity contribution in [1.29, 1.82) is 0 Å². The number of benzene rings is 1. The molecule has 0 spiro atoms. The average molecular weight is 298 g/mol. The summed E-state index contributed by atoms with van der Waals surface area (Å²) in [6.45, 7) is 7.73. The maximum Gasteiger partial charge on any atom is 0.179 e. The third kappa shape index (κ3) is 4.43. The van der Waals surface area contributed by atoms with Crippen molar-refractivity contribution >= 4 is 17.7 Å². The lowest BCUT2D eigenvalue weighted by Crippen LogP contribution is -2.13. The molecular weight excluding hydrogens is 274 g/mol. The van der Waals surface area contributed by atoms with Gasteiger partial charge in [0.2, 0.25) is 0 Å². The smallest absolute Gasteiger partial charge is 0.179 e. The summed E-state index contributed by atoms with van der Waals surface area (Å²) in [6.07, 6.45) is 2.15. The van der Waals surface area contributed by atoms with Gasteiger partial charge in [-0.2, -0.15) is 0 Å². The van der Waals surface area contributed by atoms with Crippen LogP contribution in [0.3, 0.4) is 0 Å². The Kier molecular flexibility index (Phi) is 6.89. The van der Waals surface area contributed by atoms with E-state index >= 15 is 0 Å². The zero-order valence-electron chi connectivity index (χ0n) is 12.9. The van der Waals surface area contributed by atoms with Crippen LogP contribution in [0.5, 0.6) is 11.5 Å². The second-order valence-electron chi connectivity index (χ2n) is 4.87. The highest BCUT2D eigenvalue weighted by molar-refractivity contribution is 6.32. The van der Waals surface area contributed by atoms with Gasteiger partial charge in [0, 0.05) is 6.54 Å². The number of hydrogen-bond donors (Lipinski definition) is 1. The maximum atomic E-state index is 6.26. The quantitative estimate of drug-likeness (QED) is 0.825. The minimum atomic E-state index is 0.471. The molecule has 0 saturated heterocycles. The molecule has 0 aromatic heterocycles. The Morgan fingerprint density at radius 3 is 2.60 bits per heavy atom. The number of hydrogen-bond acceptors (Lipinski definition) is 3. The van der Waals surface area contributed by atoms with E-state index in [0.717, 1.165) is 12.1 Å². The zero-order chi connectivity index (χ0) is 15.1. The van der Waals surface area contributed by atoms with Crippen LogP contribution < -0.4 is 14.8 Å². The summed E-state index contributed by atoms with van der Waals surface area (Å²) in [5, 5.41) is 3.76. The fourth-order valence-corrected chi connectivity index (χ4v) is 2.27. The summed E-state index contributed by atoms with van der Waals surface area (Å²) in [6, 6.07) is 3.87. The highest BCUT2D eigenvalue weighted by atomic mass is 35.5. The summed E-state index contributed by atoms with van der Waals surface area (Å²) >= 11 is 6.26. The Morgan fingerprint density at radius 2 is 2.10 bits per heavy atom. The van der Waals surface area contributed by atoms with Gasteiger partial charge in [0.15, 0.2) is 11.5 Å². The lowest BCUT2D eigenvalue weighted by Gasteiger charge is -2.14. The number of likely N-dealkylation sites (N-methyl/N-ethyl adjacent to an activating group) is 1. The SMILES string of the molecule is CCOc1cc(C=C(CNC)C(C)C)cc(Cl)c1OC. The van der Waals surface area contributed by atoms with Crippen molar-refractivity contribution in [3.8, 4) is 11.5 Å². The molecule has 1 N–H and O–H groups in total. The summed E-state index contributed by atoms with van der Waals surface area (Å²) in [4.78, 5) is 0. The van der Waals surface area contributed by atoms with Crippen molar-refractivity contribution < 1.29 is 9.47 Å². The van der Waals surface area contributed by atoms with E-state index in [1.807, 2.05) is 26.1 Å². The van der Waals surface area contributed by atoms with Gasteiger partial charge < -0.3 is 14.8 Å². The first-order valence-electron chi connectivity index (χ1n) is 6.88. The summed E-state index contributed by atoms with van der Waals surface area (Å²) in [5.41, 5.74) is 2.34. The van der Waals surface area contributed by atoms with E-state index in [4.69, 9.17) is 21.1 Å².